The Morgan fingerprint density at radius 1 is 0.905 bits per heavy atom. The van der Waals surface area contributed by atoms with Gasteiger partial charge >= 0.3 is 0 Å². The molecule has 3 heteroatoms. The van der Waals surface area contributed by atoms with Crippen LogP contribution in [-0.4, -0.2) is 11.3 Å². The molecule has 0 aliphatic carbocycles. The highest BCUT2D eigenvalue weighted by Gasteiger charge is 2.10. The molecule has 0 bridgehead atoms. The van der Waals surface area contributed by atoms with Gasteiger partial charge in [0.25, 0.3) is 0 Å². The van der Waals surface area contributed by atoms with E-state index in [2.05, 4.69) is 6.07 Å². The number of benzene rings is 2. The molecule has 2 aromatic heterocycles. The van der Waals surface area contributed by atoms with Gasteiger partial charge in [-0.05, 0) is 30.3 Å². The van der Waals surface area contributed by atoms with E-state index < -0.39 is 0 Å². The molecule has 0 spiro atoms. The number of furan rings is 1. The molecule has 0 fully saturated rings. The highest BCUT2D eigenvalue weighted by atomic mass is 16.3. The Morgan fingerprint density at radius 2 is 1.76 bits per heavy atom. The van der Waals surface area contributed by atoms with E-state index in [0.29, 0.717) is 17.8 Å². The predicted molar refractivity (Wildman–Crippen MR) is 82.3 cm³/mol. The minimum atomic E-state index is 0.322. The van der Waals surface area contributed by atoms with Crippen molar-refractivity contribution < 1.29 is 9.21 Å². The smallest absolute Gasteiger partial charge is 0.185 e. The molecular weight excluding hydrogens is 262 g/mol. The third-order valence-corrected chi connectivity index (χ3v) is 3.56. The van der Waals surface area contributed by atoms with Gasteiger partial charge < -0.3 is 4.42 Å². The molecule has 0 aliphatic heterocycles. The second-order valence-corrected chi connectivity index (χ2v) is 4.88. The van der Waals surface area contributed by atoms with E-state index in [4.69, 9.17) is 9.40 Å². The average molecular weight is 273 g/mol. The van der Waals surface area contributed by atoms with Gasteiger partial charge in [-0.1, -0.05) is 30.3 Å². The minimum absolute atomic E-state index is 0.322. The second-order valence-electron chi connectivity index (χ2n) is 4.88. The molecule has 2 aromatic carbocycles. The quantitative estimate of drug-likeness (QED) is 0.400. The van der Waals surface area contributed by atoms with Crippen molar-refractivity contribution in [2.24, 2.45) is 0 Å². The van der Waals surface area contributed by atoms with Crippen LogP contribution in [0.25, 0.3) is 33.1 Å². The van der Waals surface area contributed by atoms with Gasteiger partial charge in [0.15, 0.2) is 12.0 Å². The van der Waals surface area contributed by atoms with Gasteiger partial charge in [-0.3, -0.25) is 4.79 Å². The van der Waals surface area contributed by atoms with E-state index in [1.165, 1.54) is 0 Å². The number of carbonyl (C=O) groups is 1. The molecule has 0 saturated heterocycles. The fraction of sp³-hybridized carbons (Fsp3) is 0. The topological polar surface area (TPSA) is 43.1 Å². The number of fused-ring (bicyclic) bond motifs is 2. The Balaban J connectivity index is 2.04. The minimum Gasteiger partial charge on any atom is -0.453 e. The van der Waals surface area contributed by atoms with Crippen molar-refractivity contribution in [2.45, 2.75) is 0 Å². The van der Waals surface area contributed by atoms with Crippen LogP contribution in [0.2, 0.25) is 0 Å². The maximum Gasteiger partial charge on any atom is 0.185 e. The lowest BCUT2D eigenvalue weighted by Crippen LogP contribution is -1.85. The number of aldehydes is 1. The number of hydrogen-bond donors (Lipinski definition) is 0. The zero-order chi connectivity index (χ0) is 14.2. The Hall–Kier alpha value is -2.94. The standard InChI is InChI=1S/C18H11NO2/c20-11-14-8-9-17(21-14)15-6-3-5-13-10-12-4-1-2-7-16(12)19-18(13)15/h1-11H. The third-order valence-electron chi connectivity index (χ3n) is 3.56. The average Bonchev–Trinajstić information content (AvgIpc) is 3.01. The number of para-hydroxylation sites is 2. The molecule has 0 unspecified atom stereocenters. The molecule has 0 aliphatic rings. The monoisotopic (exact) mass is 273 g/mol. The fourth-order valence-corrected chi connectivity index (χ4v) is 2.56. The summed E-state index contributed by atoms with van der Waals surface area (Å²) >= 11 is 0. The van der Waals surface area contributed by atoms with Crippen LogP contribution in [0.5, 0.6) is 0 Å². The third kappa shape index (κ3) is 1.91. The predicted octanol–water partition coefficient (Wildman–Crippen LogP) is 4.46. The van der Waals surface area contributed by atoms with Crippen molar-refractivity contribution >= 4 is 28.1 Å². The summed E-state index contributed by atoms with van der Waals surface area (Å²) in [4.78, 5) is 15.5. The van der Waals surface area contributed by atoms with E-state index in [-0.39, 0.29) is 0 Å². The summed E-state index contributed by atoms with van der Waals surface area (Å²) in [7, 11) is 0. The summed E-state index contributed by atoms with van der Waals surface area (Å²) < 4.78 is 5.53. The van der Waals surface area contributed by atoms with Gasteiger partial charge in [-0.2, -0.15) is 0 Å². The molecule has 2 heterocycles. The molecule has 4 rings (SSSR count). The molecule has 0 N–H and O–H groups in total. The Kier molecular flexibility index (Phi) is 2.57. The van der Waals surface area contributed by atoms with Crippen molar-refractivity contribution in [1.29, 1.82) is 0 Å². The van der Waals surface area contributed by atoms with Crippen LogP contribution < -0.4 is 0 Å². The molecule has 0 radical (unpaired) electrons. The highest BCUT2D eigenvalue weighted by molar-refractivity contribution is 5.99. The first-order chi connectivity index (χ1) is 10.3. The van der Waals surface area contributed by atoms with E-state index in [1.54, 1.807) is 12.1 Å². The highest BCUT2D eigenvalue weighted by Crippen LogP contribution is 2.30. The van der Waals surface area contributed by atoms with Gasteiger partial charge in [0.2, 0.25) is 0 Å². The maximum absolute atomic E-state index is 10.8. The lowest BCUT2D eigenvalue weighted by molar-refractivity contribution is 0.110. The summed E-state index contributed by atoms with van der Waals surface area (Å²) in [5.41, 5.74) is 2.72. The molecular formula is C18H11NO2. The summed E-state index contributed by atoms with van der Waals surface area (Å²) in [6.07, 6.45) is 0.706. The van der Waals surface area contributed by atoms with Crippen LogP contribution in [-0.2, 0) is 0 Å². The number of pyridine rings is 1. The zero-order valence-electron chi connectivity index (χ0n) is 11.1. The van der Waals surface area contributed by atoms with Crippen LogP contribution in [0.15, 0.2) is 65.1 Å². The largest absolute Gasteiger partial charge is 0.453 e. The number of rotatable bonds is 2. The molecule has 0 atom stereocenters. The van der Waals surface area contributed by atoms with Crippen LogP contribution in [0.4, 0.5) is 0 Å². The van der Waals surface area contributed by atoms with Crippen molar-refractivity contribution in [1.82, 2.24) is 4.98 Å². The van der Waals surface area contributed by atoms with Crippen LogP contribution in [0, 0.1) is 0 Å². The van der Waals surface area contributed by atoms with E-state index >= 15 is 0 Å². The van der Waals surface area contributed by atoms with Crippen molar-refractivity contribution in [3.63, 3.8) is 0 Å². The van der Waals surface area contributed by atoms with Gasteiger partial charge in [-0.25, -0.2) is 4.98 Å². The van der Waals surface area contributed by atoms with Gasteiger partial charge in [-0.15, -0.1) is 0 Å². The Labute approximate surface area is 120 Å². The lowest BCUT2D eigenvalue weighted by atomic mass is 10.1. The van der Waals surface area contributed by atoms with Crippen LogP contribution >= 0.6 is 0 Å². The zero-order valence-corrected chi connectivity index (χ0v) is 11.1. The van der Waals surface area contributed by atoms with Crippen molar-refractivity contribution in [3.8, 4) is 11.3 Å². The van der Waals surface area contributed by atoms with Crippen LogP contribution in [0.3, 0.4) is 0 Å². The summed E-state index contributed by atoms with van der Waals surface area (Å²) in [5, 5.41) is 2.16. The lowest BCUT2D eigenvalue weighted by Gasteiger charge is -2.05. The maximum atomic E-state index is 10.8. The first-order valence-corrected chi connectivity index (χ1v) is 6.69. The summed E-state index contributed by atoms with van der Waals surface area (Å²) in [5.74, 6) is 0.980. The number of carbonyl (C=O) groups excluding carboxylic acids is 1. The second kappa shape index (κ2) is 4.56. The van der Waals surface area contributed by atoms with E-state index in [1.807, 2.05) is 42.5 Å². The van der Waals surface area contributed by atoms with Crippen LogP contribution in [0.1, 0.15) is 10.6 Å². The number of aromatic nitrogens is 1. The van der Waals surface area contributed by atoms with E-state index in [9.17, 15) is 4.79 Å². The Morgan fingerprint density at radius 3 is 2.62 bits per heavy atom. The van der Waals surface area contributed by atoms with Gasteiger partial charge in [0.1, 0.15) is 5.76 Å². The van der Waals surface area contributed by atoms with Crippen molar-refractivity contribution in [2.75, 3.05) is 0 Å². The summed E-state index contributed by atoms with van der Waals surface area (Å²) in [6, 6.07) is 19.6. The first-order valence-electron chi connectivity index (χ1n) is 6.69. The summed E-state index contributed by atoms with van der Waals surface area (Å²) in [6.45, 7) is 0. The van der Waals surface area contributed by atoms with E-state index in [0.717, 1.165) is 27.4 Å². The number of hydrogen-bond acceptors (Lipinski definition) is 3. The molecule has 100 valence electrons. The Bertz CT molecular complexity index is 969. The normalized spacial score (nSPS) is 11.0. The first kappa shape index (κ1) is 11.9. The molecule has 3 nitrogen and oxygen atoms in total. The molecule has 4 aromatic rings. The molecule has 0 saturated carbocycles. The van der Waals surface area contributed by atoms with Gasteiger partial charge in [0, 0.05) is 16.3 Å². The van der Waals surface area contributed by atoms with Gasteiger partial charge in [0.05, 0.1) is 11.0 Å². The molecule has 0 amide bonds. The number of nitrogens with zero attached hydrogens (tertiary/aromatic N) is 1. The van der Waals surface area contributed by atoms with Crippen molar-refractivity contribution in [3.05, 3.63) is 66.4 Å². The molecule has 21 heavy (non-hydrogen) atoms. The SMILES string of the molecule is O=Cc1ccc(-c2cccc3cc4ccccc4nc23)o1. The fourth-order valence-electron chi connectivity index (χ4n) is 2.56.